The van der Waals surface area contributed by atoms with Crippen molar-refractivity contribution in [2.75, 3.05) is 59.0 Å². The number of amides is 3. The van der Waals surface area contributed by atoms with Crippen LogP contribution in [0.4, 0.5) is 0 Å². The van der Waals surface area contributed by atoms with Crippen LogP contribution in [-0.2, 0) is 19.1 Å². The highest BCUT2D eigenvalue weighted by Crippen LogP contribution is 2.26. The first-order valence-corrected chi connectivity index (χ1v) is 10.7. The number of carbonyl (C=O) groups excluding carboxylic acids is 3. The molecule has 2 aliphatic rings. The molecule has 1 unspecified atom stereocenters. The number of nitrogens with zero attached hydrogens (tertiary/aromatic N) is 3. The van der Waals surface area contributed by atoms with Gasteiger partial charge in [0.25, 0.3) is 0 Å². The minimum atomic E-state index is -0.480. The normalized spacial score (nSPS) is 18.8. The lowest BCUT2D eigenvalue weighted by Crippen LogP contribution is -2.55. The van der Waals surface area contributed by atoms with Gasteiger partial charge < -0.3 is 19.9 Å². The van der Waals surface area contributed by atoms with Crippen LogP contribution in [-0.4, -0.2) is 91.4 Å². The Morgan fingerprint density at radius 3 is 2.20 bits per heavy atom. The summed E-state index contributed by atoms with van der Waals surface area (Å²) in [5.41, 5.74) is 0.798. The van der Waals surface area contributed by atoms with Gasteiger partial charge in [0, 0.05) is 49.3 Å². The summed E-state index contributed by atoms with van der Waals surface area (Å²) >= 11 is 12.1. The fourth-order valence-electron chi connectivity index (χ4n) is 3.57. The van der Waals surface area contributed by atoms with Gasteiger partial charge in [-0.2, -0.15) is 0 Å². The van der Waals surface area contributed by atoms with Crippen LogP contribution in [0.1, 0.15) is 18.5 Å². The summed E-state index contributed by atoms with van der Waals surface area (Å²) in [7, 11) is 0. The first-order chi connectivity index (χ1) is 14.3. The summed E-state index contributed by atoms with van der Waals surface area (Å²) in [5, 5.41) is 3.99. The van der Waals surface area contributed by atoms with Gasteiger partial charge in [0.2, 0.25) is 5.91 Å². The highest BCUT2D eigenvalue weighted by atomic mass is 35.5. The lowest BCUT2D eigenvalue weighted by Gasteiger charge is -2.35. The van der Waals surface area contributed by atoms with E-state index in [9.17, 15) is 14.4 Å². The second-order valence-corrected chi connectivity index (χ2v) is 8.27. The molecular formula is C20H26Cl2N4O4. The lowest BCUT2D eigenvalue weighted by atomic mass is 10.1. The van der Waals surface area contributed by atoms with Crippen molar-refractivity contribution in [2.24, 2.45) is 0 Å². The molecule has 0 saturated carbocycles. The van der Waals surface area contributed by atoms with E-state index in [0.29, 0.717) is 62.5 Å². The van der Waals surface area contributed by atoms with Crippen LogP contribution >= 0.6 is 23.2 Å². The Balaban J connectivity index is 1.44. The third-order valence-electron chi connectivity index (χ3n) is 5.31. The largest absolute Gasteiger partial charge is 0.378 e. The standard InChI is InChI=1S/C20H26Cl2N4O4/c1-14(16-3-2-15(21)12-17(16)22)23-18(27)13-24-4-6-25(7-5-24)19(28)20(29)26-8-10-30-11-9-26/h2-3,12,14H,4-11,13H2,1H3,(H,23,27). The molecule has 10 heteroatoms. The zero-order valence-corrected chi connectivity index (χ0v) is 18.4. The molecule has 3 rings (SSSR count). The third-order valence-corrected chi connectivity index (χ3v) is 5.88. The number of carbonyl (C=O) groups is 3. The number of hydrogen-bond acceptors (Lipinski definition) is 5. The first-order valence-electron chi connectivity index (χ1n) is 9.97. The van der Waals surface area contributed by atoms with E-state index >= 15 is 0 Å². The van der Waals surface area contributed by atoms with E-state index in [4.69, 9.17) is 27.9 Å². The predicted octanol–water partition coefficient (Wildman–Crippen LogP) is 1.17. The molecule has 1 aromatic carbocycles. The van der Waals surface area contributed by atoms with Crippen LogP contribution in [0.3, 0.4) is 0 Å². The molecule has 0 bridgehead atoms. The highest BCUT2D eigenvalue weighted by molar-refractivity contribution is 6.35. The fraction of sp³-hybridized carbons (Fsp3) is 0.550. The van der Waals surface area contributed by atoms with Crippen molar-refractivity contribution in [1.82, 2.24) is 20.0 Å². The van der Waals surface area contributed by atoms with Crippen molar-refractivity contribution in [3.8, 4) is 0 Å². The number of benzene rings is 1. The molecule has 1 N–H and O–H groups in total. The van der Waals surface area contributed by atoms with Crippen molar-refractivity contribution in [1.29, 1.82) is 0 Å². The van der Waals surface area contributed by atoms with Gasteiger partial charge in [-0.3, -0.25) is 19.3 Å². The second-order valence-electron chi connectivity index (χ2n) is 7.43. The monoisotopic (exact) mass is 456 g/mol. The third kappa shape index (κ3) is 5.85. The van der Waals surface area contributed by atoms with Gasteiger partial charge in [-0.15, -0.1) is 0 Å². The summed E-state index contributed by atoms with van der Waals surface area (Å²) in [4.78, 5) is 42.3. The maximum atomic E-state index is 12.5. The molecule has 0 radical (unpaired) electrons. The summed E-state index contributed by atoms with van der Waals surface area (Å²) in [5.74, 6) is -1.08. The molecule has 8 nitrogen and oxygen atoms in total. The maximum Gasteiger partial charge on any atom is 0.312 e. The number of halogens is 2. The number of hydrogen-bond donors (Lipinski definition) is 1. The molecule has 2 aliphatic heterocycles. The smallest absolute Gasteiger partial charge is 0.312 e. The first kappa shape index (κ1) is 22.8. The number of nitrogens with one attached hydrogen (secondary N) is 1. The van der Waals surface area contributed by atoms with Gasteiger partial charge in [0.1, 0.15) is 0 Å². The van der Waals surface area contributed by atoms with Crippen molar-refractivity contribution in [2.45, 2.75) is 13.0 Å². The van der Waals surface area contributed by atoms with E-state index in [2.05, 4.69) is 5.32 Å². The van der Waals surface area contributed by atoms with Gasteiger partial charge >= 0.3 is 11.8 Å². The van der Waals surface area contributed by atoms with E-state index in [1.54, 1.807) is 23.1 Å². The molecule has 3 amide bonds. The Morgan fingerprint density at radius 2 is 1.60 bits per heavy atom. The summed E-state index contributed by atoms with van der Waals surface area (Å²) in [6.45, 7) is 5.79. The molecule has 164 valence electrons. The molecule has 1 atom stereocenters. The zero-order valence-electron chi connectivity index (χ0n) is 16.9. The van der Waals surface area contributed by atoms with E-state index in [0.717, 1.165) is 5.56 Å². The lowest BCUT2D eigenvalue weighted by molar-refractivity contribution is -0.155. The van der Waals surface area contributed by atoms with E-state index in [1.807, 2.05) is 11.8 Å². The van der Waals surface area contributed by atoms with Gasteiger partial charge in [0.05, 0.1) is 25.8 Å². The Bertz CT molecular complexity index is 793. The Labute approximate surface area is 186 Å². The number of morpholine rings is 1. The van der Waals surface area contributed by atoms with Crippen molar-refractivity contribution < 1.29 is 19.1 Å². The Morgan fingerprint density at radius 1 is 1.00 bits per heavy atom. The fourth-order valence-corrected chi connectivity index (χ4v) is 4.14. The average molecular weight is 457 g/mol. The van der Waals surface area contributed by atoms with Crippen LogP contribution in [0.2, 0.25) is 10.0 Å². The number of piperazine rings is 1. The zero-order chi connectivity index (χ0) is 21.7. The van der Waals surface area contributed by atoms with Crippen LogP contribution < -0.4 is 5.32 Å². The Kier molecular flexibility index (Phi) is 7.93. The van der Waals surface area contributed by atoms with E-state index < -0.39 is 11.8 Å². The Hall–Kier alpha value is -1.87. The van der Waals surface area contributed by atoms with Gasteiger partial charge in [-0.25, -0.2) is 0 Å². The van der Waals surface area contributed by atoms with Gasteiger partial charge in [-0.05, 0) is 24.6 Å². The maximum absolute atomic E-state index is 12.5. The highest BCUT2D eigenvalue weighted by Gasteiger charge is 2.30. The summed E-state index contributed by atoms with van der Waals surface area (Å²) < 4.78 is 5.22. The molecule has 30 heavy (non-hydrogen) atoms. The molecule has 2 saturated heterocycles. The topological polar surface area (TPSA) is 82.2 Å². The minimum absolute atomic E-state index is 0.127. The molecule has 2 fully saturated rings. The van der Waals surface area contributed by atoms with Crippen molar-refractivity contribution in [3.63, 3.8) is 0 Å². The molecule has 1 aromatic rings. The van der Waals surface area contributed by atoms with Gasteiger partial charge in [0.15, 0.2) is 0 Å². The van der Waals surface area contributed by atoms with Crippen LogP contribution in [0, 0.1) is 0 Å². The molecule has 0 aromatic heterocycles. The summed E-state index contributed by atoms with van der Waals surface area (Å²) in [6, 6.07) is 4.93. The molecule has 2 heterocycles. The van der Waals surface area contributed by atoms with Crippen LogP contribution in [0.25, 0.3) is 0 Å². The van der Waals surface area contributed by atoms with Gasteiger partial charge in [-0.1, -0.05) is 29.3 Å². The van der Waals surface area contributed by atoms with Crippen LogP contribution in [0.15, 0.2) is 18.2 Å². The summed E-state index contributed by atoms with van der Waals surface area (Å²) in [6.07, 6.45) is 0. The quantitative estimate of drug-likeness (QED) is 0.687. The SMILES string of the molecule is CC(NC(=O)CN1CCN(C(=O)C(=O)N2CCOCC2)CC1)c1ccc(Cl)cc1Cl. The van der Waals surface area contributed by atoms with Crippen molar-refractivity contribution in [3.05, 3.63) is 33.8 Å². The number of ether oxygens (including phenoxy) is 1. The molecule has 0 aliphatic carbocycles. The average Bonchev–Trinajstić information content (AvgIpc) is 2.73. The van der Waals surface area contributed by atoms with Crippen LogP contribution in [0.5, 0.6) is 0 Å². The molecule has 0 spiro atoms. The second kappa shape index (κ2) is 10.4. The predicted molar refractivity (Wildman–Crippen MR) is 113 cm³/mol. The van der Waals surface area contributed by atoms with E-state index in [-0.39, 0.29) is 18.5 Å². The number of rotatable bonds is 4. The minimum Gasteiger partial charge on any atom is -0.378 e. The molecular weight excluding hydrogens is 431 g/mol. The van der Waals surface area contributed by atoms with E-state index in [1.165, 1.54) is 4.90 Å². The van der Waals surface area contributed by atoms with Crippen molar-refractivity contribution >= 4 is 40.9 Å².